The van der Waals surface area contributed by atoms with Crippen molar-refractivity contribution in [2.24, 2.45) is 0 Å². The van der Waals surface area contributed by atoms with E-state index in [9.17, 15) is 10.1 Å². The maximum Gasteiger partial charge on any atom is 0.277 e. The van der Waals surface area contributed by atoms with Gasteiger partial charge in [-0.15, -0.1) is 0 Å². The predicted octanol–water partition coefficient (Wildman–Crippen LogP) is 2.97. The highest BCUT2D eigenvalue weighted by atomic mass is 16.6. The number of aryl methyl sites for hydroxylation is 1. The van der Waals surface area contributed by atoms with E-state index in [4.69, 9.17) is 0 Å². The molecule has 2 aromatic rings. The summed E-state index contributed by atoms with van der Waals surface area (Å²) >= 11 is 0. The van der Waals surface area contributed by atoms with Crippen molar-refractivity contribution < 1.29 is 4.92 Å². The molecule has 0 aliphatic heterocycles. The Labute approximate surface area is 92.7 Å². The van der Waals surface area contributed by atoms with Crippen LogP contribution in [0.15, 0.2) is 42.7 Å². The molecule has 2 rings (SSSR count). The summed E-state index contributed by atoms with van der Waals surface area (Å²) in [6.45, 7) is 1.86. The molecule has 0 unspecified atom stereocenters. The first-order valence-electron chi connectivity index (χ1n) is 4.84. The molecular weight excluding hydrogens is 204 g/mol. The minimum atomic E-state index is -0.366. The minimum absolute atomic E-state index is 0.119. The summed E-state index contributed by atoms with van der Waals surface area (Å²) < 4.78 is 0. The Hall–Kier alpha value is -2.23. The van der Waals surface area contributed by atoms with Gasteiger partial charge in [0, 0.05) is 24.0 Å². The molecule has 1 heterocycles. The van der Waals surface area contributed by atoms with Crippen LogP contribution in [-0.2, 0) is 0 Å². The summed E-state index contributed by atoms with van der Waals surface area (Å²) in [4.78, 5) is 14.5. The van der Waals surface area contributed by atoms with E-state index in [-0.39, 0.29) is 10.6 Å². The fourth-order valence-corrected chi connectivity index (χ4v) is 1.69. The summed E-state index contributed by atoms with van der Waals surface area (Å²) in [6, 6.07) is 8.64. The SMILES string of the molecule is Cc1cccc([N+](=O)[O-])c1-c1cccnc1. The van der Waals surface area contributed by atoms with E-state index in [1.54, 1.807) is 24.5 Å². The number of nitro benzene ring substituents is 1. The van der Waals surface area contributed by atoms with Crippen molar-refractivity contribution in [1.82, 2.24) is 4.98 Å². The number of hydrogen-bond donors (Lipinski definition) is 0. The number of pyridine rings is 1. The van der Waals surface area contributed by atoms with Crippen molar-refractivity contribution in [2.75, 3.05) is 0 Å². The van der Waals surface area contributed by atoms with Crippen LogP contribution >= 0.6 is 0 Å². The second kappa shape index (κ2) is 4.10. The maximum absolute atomic E-state index is 10.9. The molecule has 0 fully saturated rings. The molecular formula is C12H10N2O2. The summed E-state index contributed by atoms with van der Waals surface area (Å²) in [5.74, 6) is 0. The highest BCUT2D eigenvalue weighted by molar-refractivity contribution is 5.75. The van der Waals surface area contributed by atoms with E-state index < -0.39 is 0 Å². The van der Waals surface area contributed by atoms with Crippen molar-refractivity contribution in [3.63, 3.8) is 0 Å². The third-order valence-corrected chi connectivity index (χ3v) is 2.40. The van der Waals surface area contributed by atoms with Gasteiger partial charge in [0.25, 0.3) is 5.69 Å². The van der Waals surface area contributed by atoms with Crippen LogP contribution < -0.4 is 0 Å². The normalized spacial score (nSPS) is 10.1. The summed E-state index contributed by atoms with van der Waals surface area (Å²) in [5, 5.41) is 10.9. The summed E-state index contributed by atoms with van der Waals surface area (Å²) in [7, 11) is 0. The van der Waals surface area contributed by atoms with Gasteiger partial charge in [0.15, 0.2) is 0 Å². The number of hydrogen-bond acceptors (Lipinski definition) is 3. The lowest BCUT2D eigenvalue weighted by molar-refractivity contribution is -0.384. The first kappa shape index (κ1) is 10.3. The molecule has 1 aromatic carbocycles. The van der Waals surface area contributed by atoms with Gasteiger partial charge in [-0.05, 0) is 18.6 Å². The zero-order chi connectivity index (χ0) is 11.5. The Morgan fingerprint density at radius 3 is 2.69 bits per heavy atom. The molecule has 16 heavy (non-hydrogen) atoms. The molecule has 0 aliphatic carbocycles. The van der Waals surface area contributed by atoms with Crippen LogP contribution in [-0.4, -0.2) is 9.91 Å². The zero-order valence-corrected chi connectivity index (χ0v) is 8.75. The monoisotopic (exact) mass is 214 g/mol. The van der Waals surface area contributed by atoms with E-state index in [1.807, 2.05) is 19.1 Å². The number of aromatic nitrogens is 1. The van der Waals surface area contributed by atoms with Gasteiger partial charge in [0.2, 0.25) is 0 Å². The van der Waals surface area contributed by atoms with Crippen LogP contribution in [0.4, 0.5) is 5.69 Å². The zero-order valence-electron chi connectivity index (χ0n) is 8.75. The quantitative estimate of drug-likeness (QED) is 0.570. The molecule has 0 saturated heterocycles. The smallest absolute Gasteiger partial charge is 0.264 e. The Kier molecular flexibility index (Phi) is 2.64. The van der Waals surface area contributed by atoms with Crippen molar-refractivity contribution in [3.05, 3.63) is 58.4 Å². The Bertz CT molecular complexity index is 524. The van der Waals surface area contributed by atoms with E-state index >= 15 is 0 Å². The molecule has 0 amide bonds. The molecule has 0 aliphatic rings. The lowest BCUT2D eigenvalue weighted by Crippen LogP contribution is -1.94. The predicted molar refractivity (Wildman–Crippen MR) is 61.1 cm³/mol. The average Bonchev–Trinajstić information content (AvgIpc) is 2.29. The van der Waals surface area contributed by atoms with Gasteiger partial charge in [-0.25, -0.2) is 0 Å². The molecule has 4 heteroatoms. The second-order valence-electron chi connectivity index (χ2n) is 3.47. The molecule has 0 N–H and O–H groups in total. The molecule has 1 aromatic heterocycles. The first-order chi connectivity index (χ1) is 7.70. The van der Waals surface area contributed by atoms with E-state index in [0.29, 0.717) is 5.56 Å². The lowest BCUT2D eigenvalue weighted by atomic mass is 10.0. The molecule has 0 atom stereocenters. The average molecular weight is 214 g/mol. The third kappa shape index (κ3) is 1.77. The van der Waals surface area contributed by atoms with Gasteiger partial charge in [0.05, 0.1) is 10.5 Å². The molecule has 0 saturated carbocycles. The highest BCUT2D eigenvalue weighted by Crippen LogP contribution is 2.31. The van der Waals surface area contributed by atoms with Crippen LogP contribution in [0, 0.1) is 17.0 Å². The number of nitrogens with zero attached hydrogens (tertiary/aromatic N) is 2. The van der Waals surface area contributed by atoms with Gasteiger partial charge in [-0.2, -0.15) is 0 Å². The van der Waals surface area contributed by atoms with Gasteiger partial charge >= 0.3 is 0 Å². The fraction of sp³-hybridized carbons (Fsp3) is 0.0833. The van der Waals surface area contributed by atoms with E-state index in [0.717, 1.165) is 11.1 Å². The van der Waals surface area contributed by atoms with Gasteiger partial charge in [-0.3, -0.25) is 15.1 Å². The Morgan fingerprint density at radius 2 is 2.06 bits per heavy atom. The van der Waals surface area contributed by atoms with Crippen molar-refractivity contribution in [2.45, 2.75) is 6.92 Å². The summed E-state index contributed by atoms with van der Waals surface area (Å²) in [5.41, 5.74) is 2.41. The highest BCUT2D eigenvalue weighted by Gasteiger charge is 2.16. The third-order valence-electron chi connectivity index (χ3n) is 2.40. The van der Waals surface area contributed by atoms with Crippen LogP contribution in [0.3, 0.4) is 0 Å². The van der Waals surface area contributed by atoms with E-state index in [1.165, 1.54) is 6.07 Å². The lowest BCUT2D eigenvalue weighted by Gasteiger charge is -2.05. The first-order valence-corrected chi connectivity index (χ1v) is 4.84. The van der Waals surface area contributed by atoms with E-state index in [2.05, 4.69) is 4.98 Å². The minimum Gasteiger partial charge on any atom is -0.264 e. The second-order valence-corrected chi connectivity index (χ2v) is 3.47. The topological polar surface area (TPSA) is 56.0 Å². The van der Waals surface area contributed by atoms with Crippen LogP contribution in [0.2, 0.25) is 0 Å². The number of nitro groups is 1. The van der Waals surface area contributed by atoms with Crippen LogP contribution in [0.1, 0.15) is 5.56 Å². The van der Waals surface area contributed by atoms with Crippen LogP contribution in [0.25, 0.3) is 11.1 Å². The molecule has 80 valence electrons. The number of rotatable bonds is 2. The number of benzene rings is 1. The maximum atomic E-state index is 10.9. The fourth-order valence-electron chi connectivity index (χ4n) is 1.69. The van der Waals surface area contributed by atoms with Gasteiger partial charge < -0.3 is 0 Å². The Morgan fingerprint density at radius 1 is 1.25 bits per heavy atom. The molecule has 0 bridgehead atoms. The van der Waals surface area contributed by atoms with Crippen molar-refractivity contribution >= 4 is 5.69 Å². The summed E-state index contributed by atoms with van der Waals surface area (Å²) in [6.07, 6.45) is 3.28. The molecule has 4 nitrogen and oxygen atoms in total. The molecule has 0 spiro atoms. The molecule has 0 radical (unpaired) electrons. The van der Waals surface area contributed by atoms with Crippen molar-refractivity contribution in [1.29, 1.82) is 0 Å². The van der Waals surface area contributed by atoms with Crippen molar-refractivity contribution in [3.8, 4) is 11.1 Å². The van der Waals surface area contributed by atoms with Gasteiger partial charge in [0.1, 0.15) is 0 Å². The Balaban J connectivity index is 2.68. The largest absolute Gasteiger partial charge is 0.277 e. The standard InChI is InChI=1S/C12H10N2O2/c1-9-4-2-6-11(14(15)16)12(9)10-5-3-7-13-8-10/h2-8H,1H3. The van der Waals surface area contributed by atoms with Crippen LogP contribution in [0.5, 0.6) is 0 Å². The van der Waals surface area contributed by atoms with Gasteiger partial charge in [-0.1, -0.05) is 18.2 Å².